The van der Waals surface area contributed by atoms with Crippen LogP contribution in [-0.4, -0.2) is 24.5 Å². The summed E-state index contributed by atoms with van der Waals surface area (Å²) in [6, 6.07) is 8.99. The third-order valence-corrected chi connectivity index (χ3v) is 4.97. The van der Waals surface area contributed by atoms with Crippen molar-refractivity contribution in [2.24, 2.45) is 0 Å². The van der Waals surface area contributed by atoms with E-state index < -0.39 is 0 Å². The average Bonchev–Trinajstić information content (AvgIpc) is 2.73. The fourth-order valence-corrected chi connectivity index (χ4v) is 3.78. The van der Waals surface area contributed by atoms with Crippen molar-refractivity contribution in [1.82, 2.24) is 4.90 Å². The molecule has 1 aliphatic carbocycles. The molecule has 1 saturated carbocycles. The van der Waals surface area contributed by atoms with E-state index in [9.17, 15) is 0 Å². The smallest absolute Gasteiger partial charge is 0.0178 e. The van der Waals surface area contributed by atoms with Gasteiger partial charge in [-0.1, -0.05) is 40.9 Å². The highest BCUT2D eigenvalue weighted by Crippen LogP contribution is 2.42. The Balaban J connectivity index is 1.87. The number of benzene rings is 1. The Morgan fingerprint density at radius 3 is 2.47 bits per heavy atom. The minimum Gasteiger partial charge on any atom is -0.302 e. The van der Waals surface area contributed by atoms with Gasteiger partial charge in [0.1, 0.15) is 0 Å². The van der Waals surface area contributed by atoms with Crippen molar-refractivity contribution in [2.45, 2.75) is 37.5 Å². The fourth-order valence-electron chi connectivity index (χ4n) is 3.38. The molecule has 3 rings (SSSR count). The number of rotatable bonds is 3. The maximum Gasteiger partial charge on any atom is 0.0178 e. The molecule has 1 heterocycles. The van der Waals surface area contributed by atoms with Gasteiger partial charge in [-0.2, -0.15) is 0 Å². The summed E-state index contributed by atoms with van der Waals surface area (Å²) in [7, 11) is 0. The molecule has 1 nitrogen and oxygen atoms in total. The van der Waals surface area contributed by atoms with Crippen molar-refractivity contribution in [2.75, 3.05) is 19.6 Å². The van der Waals surface area contributed by atoms with Crippen molar-refractivity contribution in [3.63, 3.8) is 0 Å². The first-order chi connectivity index (χ1) is 8.28. The topological polar surface area (TPSA) is 3.24 Å². The molecule has 0 aromatic heterocycles. The Morgan fingerprint density at radius 1 is 1.12 bits per heavy atom. The lowest BCUT2D eigenvalue weighted by atomic mass is 9.78. The van der Waals surface area contributed by atoms with Gasteiger partial charge in [-0.3, -0.25) is 0 Å². The number of hydrogen-bond acceptors (Lipinski definition) is 1. The molecular weight excluding hydrogens is 274 g/mol. The van der Waals surface area contributed by atoms with Crippen LogP contribution in [0.2, 0.25) is 0 Å². The summed E-state index contributed by atoms with van der Waals surface area (Å²) in [5, 5.41) is 0. The summed E-state index contributed by atoms with van der Waals surface area (Å²) in [6.45, 7) is 3.91. The van der Waals surface area contributed by atoms with Crippen molar-refractivity contribution < 1.29 is 0 Å². The normalized spacial score (nSPS) is 23.6. The van der Waals surface area contributed by atoms with Crippen molar-refractivity contribution in [1.29, 1.82) is 0 Å². The Hall–Kier alpha value is -0.340. The van der Waals surface area contributed by atoms with Gasteiger partial charge >= 0.3 is 0 Å². The second kappa shape index (κ2) is 4.74. The van der Waals surface area contributed by atoms with E-state index in [2.05, 4.69) is 45.1 Å². The zero-order valence-electron chi connectivity index (χ0n) is 10.3. The van der Waals surface area contributed by atoms with Gasteiger partial charge in [0, 0.05) is 16.4 Å². The van der Waals surface area contributed by atoms with Gasteiger partial charge in [0.05, 0.1) is 0 Å². The van der Waals surface area contributed by atoms with Crippen LogP contribution in [0, 0.1) is 0 Å². The van der Waals surface area contributed by atoms with Crippen LogP contribution in [-0.2, 0) is 5.41 Å². The number of hydrogen-bond donors (Lipinski definition) is 0. The van der Waals surface area contributed by atoms with Crippen molar-refractivity contribution in [3.8, 4) is 0 Å². The largest absolute Gasteiger partial charge is 0.302 e. The molecule has 0 bridgehead atoms. The average molecular weight is 294 g/mol. The highest BCUT2D eigenvalue weighted by Gasteiger charge is 2.38. The second-order valence-electron chi connectivity index (χ2n) is 5.63. The molecule has 0 amide bonds. The number of nitrogens with zero attached hydrogens (tertiary/aromatic N) is 1. The predicted molar refractivity (Wildman–Crippen MR) is 75.3 cm³/mol. The van der Waals surface area contributed by atoms with E-state index in [4.69, 9.17) is 0 Å². The van der Waals surface area contributed by atoms with Crippen LogP contribution in [0.3, 0.4) is 0 Å². The van der Waals surface area contributed by atoms with Crippen molar-refractivity contribution in [3.05, 3.63) is 34.3 Å². The monoisotopic (exact) mass is 293 g/mol. The van der Waals surface area contributed by atoms with Crippen LogP contribution in [0.15, 0.2) is 28.7 Å². The SMILES string of the molecule is Brc1cccc(C2(CN3CCC3)CCCC2)c1. The summed E-state index contributed by atoms with van der Waals surface area (Å²) < 4.78 is 1.23. The van der Waals surface area contributed by atoms with Gasteiger partial charge < -0.3 is 4.90 Å². The highest BCUT2D eigenvalue weighted by molar-refractivity contribution is 9.10. The van der Waals surface area contributed by atoms with E-state index in [0.29, 0.717) is 5.41 Å². The van der Waals surface area contributed by atoms with E-state index in [1.54, 1.807) is 5.56 Å². The highest BCUT2D eigenvalue weighted by atomic mass is 79.9. The number of halogens is 1. The molecule has 2 fully saturated rings. The third kappa shape index (κ3) is 2.30. The molecule has 0 N–H and O–H groups in total. The fraction of sp³-hybridized carbons (Fsp3) is 0.600. The van der Waals surface area contributed by atoms with Gasteiger partial charge in [0.25, 0.3) is 0 Å². The van der Waals surface area contributed by atoms with Crippen LogP contribution in [0.4, 0.5) is 0 Å². The Labute approximate surface area is 112 Å². The van der Waals surface area contributed by atoms with E-state index >= 15 is 0 Å². The summed E-state index contributed by atoms with van der Waals surface area (Å²) in [5.41, 5.74) is 2.00. The summed E-state index contributed by atoms with van der Waals surface area (Å²) in [6.07, 6.45) is 6.95. The molecule has 0 radical (unpaired) electrons. The Kier molecular flexibility index (Phi) is 3.27. The zero-order chi connectivity index (χ0) is 11.7. The molecule has 1 saturated heterocycles. The van der Waals surface area contributed by atoms with E-state index in [1.165, 1.54) is 56.2 Å². The second-order valence-corrected chi connectivity index (χ2v) is 6.54. The van der Waals surface area contributed by atoms with Gasteiger partial charge in [-0.15, -0.1) is 0 Å². The van der Waals surface area contributed by atoms with Crippen LogP contribution in [0.1, 0.15) is 37.7 Å². The van der Waals surface area contributed by atoms with Crippen LogP contribution < -0.4 is 0 Å². The van der Waals surface area contributed by atoms with Crippen molar-refractivity contribution >= 4 is 15.9 Å². The first-order valence-corrected chi connectivity index (χ1v) is 7.56. The lowest BCUT2D eigenvalue weighted by Gasteiger charge is -2.40. The summed E-state index contributed by atoms with van der Waals surface area (Å²) in [5.74, 6) is 0. The maximum atomic E-state index is 3.62. The molecule has 1 aromatic rings. The Morgan fingerprint density at radius 2 is 1.88 bits per heavy atom. The molecule has 0 spiro atoms. The van der Waals surface area contributed by atoms with E-state index in [1.807, 2.05) is 0 Å². The van der Waals surface area contributed by atoms with E-state index in [-0.39, 0.29) is 0 Å². The first-order valence-electron chi connectivity index (χ1n) is 6.77. The Bertz CT molecular complexity index is 392. The van der Waals surface area contributed by atoms with Crippen LogP contribution in [0.5, 0.6) is 0 Å². The number of likely N-dealkylation sites (tertiary alicyclic amines) is 1. The quantitative estimate of drug-likeness (QED) is 0.815. The molecule has 2 heteroatoms. The van der Waals surface area contributed by atoms with Crippen LogP contribution >= 0.6 is 15.9 Å². The lowest BCUT2D eigenvalue weighted by Crippen LogP contribution is -2.46. The molecule has 0 unspecified atom stereocenters. The minimum absolute atomic E-state index is 0.449. The molecule has 92 valence electrons. The molecule has 17 heavy (non-hydrogen) atoms. The van der Waals surface area contributed by atoms with E-state index in [0.717, 1.165) is 0 Å². The first kappa shape index (κ1) is 11.7. The van der Waals surface area contributed by atoms with Gasteiger partial charge in [-0.05, 0) is 50.0 Å². The molecule has 0 atom stereocenters. The molecule has 1 aromatic carbocycles. The summed E-state index contributed by atoms with van der Waals surface area (Å²) >= 11 is 3.62. The maximum absolute atomic E-state index is 3.62. The van der Waals surface area contributed by atoms with Crippen LogP contribution in [0.25, 0.3) is 0 Å². The standard InChI is InChI=1S/C15H20BrN/c16-14-6-3-5-13(11-14)15(7-1-2-8-15)12-17-9-4-10-17/h3,5-6,11H,1-2,4,7-10,12H2. The van der Waals surface area contributed by atoms with Gasteiger partial charge in [-0.25, -0.2) is 0 Å². The van der Waals surface area contributed by atoms with Gasteiger partial charge in [0.2, 0.25) is 0 Å². The minimum atomic E-state index is 0.449. The van der Waals surface area contributed by atoms with Gasteiger partial charge in [0.15, 0.2) is 0 Å². The summed E-state index contributed by atoms with van der Waals surface area (Å²) in [4.78, 5) is 2.63. The zero-order valence-corrected chi connectivity index (χ0v) is 11.9. The molecule has 2 aliphatic rings. The predicted octanol–water partition coefficient (Wildman–Crippen LogP) is 3.97. The molecule has 1 aliphatic heterocycles. The third-order valence-electron chi connectivity index (χ3n) is 4.47. The molecular formula is C15H20BrN. The lowest BCUT2D eigenvalue weighted by molar-refractivity contribution is 0.136.